The van der Waals surface area contributed by atoms with Gasteiger partial charge in [0.15, 0.2) is 11.9 Å². The fourth-order valence-electron chi connectivity index (χ4n) is 3.31. The lowest BCUT2D eigenvalue weighted by Gasteiger charge is -2.14. The number of ether oxygens (including phenoxy) is 1. The summed E-state index contributed by atoms with van der Waals surface area (Å²) in [7, 11) is 0. The van der Waals surface area contributed by atoms with E-state index in [-0.39, 0.29) is 17.1 Å². The molecule has 0 radical (unpaired) electrons. The summed E-state index contributed by atoms with van der Waals surface area (Å²) < 4.78 is 6.83. The molecule has 0 spiro atoms. The number of benzene rings is 3. The van der Waals surface area contributed by atoms with Crippen molar-refractivity contribution in [2.75, 3.05) is 0 Å². The van der Waals surface area contributed by atoms with Crippen LogP contribution < -0.4 is 10.3 Å². The Hall–Kier alpha value is -4.38. The van der Waals surface area contributed by atoms with E-state index in [2.05, 4.69) is 26.0 Å². The molecule has 0 amide bonds. The van der Waals surface area contributed by atoms with Gasteiger partial charge < -0.3 is 9.84 Å². The number of fused-ring (bicyclic) bond motifs is 1. The van der Waals surface area contributed by atoms with Crippen molar-refractivity contribution in [3.8, 4) is 17.1 Å². The van der Waals surface area contributed by atoms with Crippen molar-refractivity contribution in [3.63, 3.8) is 0 Å². The lowest BCUT2D eigenvalue weighted by molar-refractivity contribution is -0.386. The molecule has 4 rings (SSSR count). The van der Waals surface area contributed by atoms with Crippen LogP contribution >= 0.6 is 15.9 Å². The molecular formula is C24H17BrN4O6. The van der Waals surface area contributed by atoms with Crippen LogP contribution in [0.3, 0.4) is 0 Å². The highest BCUT2D eigenvalue weighted by Gasteiger charge is 2.25. The summed E-state index contributed by atoms with van der Waals surface area (Å²) in [5.74, 6) is -1.33. The van der Waals surface area contributed by atoms with Gasteiger partial charge in [0.05, 0.1) is 22.0 Å². The molecule has 0 saturated carbocycles. The Balaban J connectivity index is 1.93. The molecule has 0 aliphatic heterocycles. The van der Waals surface area contributed by atoms with Gasteiger partial charge in [0.25, 0.3) is 5.56 Å². The van der Waals surface area contributed by atoms with Crippen molar-refractivity contribution >= 4 is 44.7 Å². The number of aromatic nitrogens is 2. The normalized spacial score (nSPS) is 12.1. The van der Waals surface area contributed by atoms with Gasteiger partial charge in [-0.25, -0.2) is 9.78 Å². The summed E-state index contributed by atoms with van der Waals surface area (Å²) >= 11 is 3.22. The lowest BCUT2D eigenvalue weighted by atomic mass is 10.2. The summed E-state index contributed by atoms with van der Waals surface area (Å²) in [4.78, 5) is 40.2. The molecule has 4 aromatic rings. The summed E-state index contributed by atoms with van der Waals surface area (Å²) in [6.45, 7) is 1.25. The highest BCUT2D eigenvalue weighted by molar-refractivity contribution is 9.10. The molecule has 1 heterocycles. The van der Waals surface area contributed by atoms with E-state index in [0.29, 0.717) is 20.9 Å². The van der Waals surface area contributed by atoms with Crippen LogP contribution in [0.2, 0.25) is 0 Å². The van der Waals surface area contributed by atoms with Crippen LogP contribution in [0.15, 0.2) is 81.1 Å². The predicted octanol–water partition coefficient (Wildman–Crippen LogP) is 4.47. The van der Waals surface area contributed by atoms with Crippen molar-refractivity contribution < 1.29 is 19.6 Å². The van der Waals surface area contributed by atoms with Crippen molar-refractivity contribution in [2.45, 2.75) is 13.0 Å². The van der Waals surface area contributed by atoms with Gasteiger partial charge in [0, 0.05) is 21.7 Å². The van der Waals surface area contributed by atoms with Gasteiger partial charge in [-0.05, 0) is 25.1 Å². The number of aliphatic carboxylic acids is 1. The molecule has 1 N–H and O–H groups in total. The predicted molar refractivity (Wildman–Crippen MR) is 133 cm³/mol. The second-order valence-electron chi connectivity index (χ2n) is 7.38. The van der Waals surface area contributed by atoms with Crippen molar-refractivity contribution in [2.24, 2.45) is 5.10 Å². The van der Waals surface area contributed by atoms with E-state index in [9.17, 15) is 24.8 Å². The first-order chi connectivity index (χ1) is 16.8. The molecule has 1 aromatic heterocycles. The zero-order chi connectivity index (χ0) is 25.1. The molecule has 176 valence electrons. The van der Waals surface area contributed by atoms with Crippen molar-refractivity contribution in [3.05, 3.63) is 97.2 Å². The number of halogens is 1. The summed E-state index contributed by atoms with van der Waals surface area (Å²) in [5.41, 5.74) is 0.305. The summed E-state index contributed by atoms with van der Waals surface area (Å²) in [5, 5.41) is 25.5. The number of hydrogen-bond acceptors (Lipinski definition) is 7. The zero-order valence-corrected chi connectivity index (χ0v) is 19.7. The molecule has 0 aliphatic carbocycles. The average molecular weight is 537 g/mol. The molecule has 11 heteroatoms. The van der Waals surface area contributed by atoms with E-state index in [4.69, 9.17) is 4.74 Å². The molecule has 0 saturated heterocycles. The Bertz CT molecular complexity index is 1530. The molecular weight excluding hydrogens is 520 g/mol. The van der Waals surface area contributed by atoms with Crippen LogP contribution in [-0.2, 0) is 4.79 Å². The minimum Gasteiger partial charge on any atom is -0.479 e. The molecule has 35 heavy (non-hydrogen) atoms. The number of para-hydroxylation sites is 1. The number of carbonyl (C=O) groups is 1. The molecule has 0 unspecified atom stereocenters. The second-order valence-corrected chi connectivity index (χ2v) is 8.29. The SMILES string of the molecule is C[C@@H](Oc1c(C=Nn2c(-c3ccccc3)nc3ccccc3c2=O)cc(Br)cc1[N+](=O)[O-])C(=O)O. The Kier molecular flexibility index (Phi) is 6.69. The quantitative estimate of drug-likeness (QED) is 0.209. The van der Waals surface area contributed by atoms with Gasteiger partial charge in [0.1, 0.15) is 0 Å². The maximum Gasteiger partial charge on any atom is 0.344 e. The minimum absolute atomic E-state index is 0.0956. The van der Waals surface area contributed by atoms with E-state index in [1.807, 2.05) is 6.07 Å². The number of rotatable bonds is 7. The maximum absolute atomic E-state index is 13.3. The Morgan fingerprint density at radius 1 is 1.20 bits per heavy atom. The van der Waals surface area contributed by atoms with Crippen LogP contribution in [0.25, 0.3) is 22.3 Å². The van der Waals surface area contributed by atoms with Crippen molar-refractivity contribution in [1.82, 2.24) is 9.66 Å². The summed E-state index contributed by atoms with van der Waals surface area (Å²) in [6, 6.07) is 18.4. The number of carboxylic acid groups (broad SMARTS) is 1. The molecule has 0 aliphatic rings. The van der Waals surface area contributed by atoms with Gasteiger partial charge in [0.2, 0.25) is 5.75 Å². The van der Waals surface area contributed by atoms with Crippen LogP contribution in [0.1, 0.15) is 12.5 Å². The van der Waals surface area contributed by atoms with Crippen molar-refractivity contribution in [1.29, 1.82) is 0 Å². The number of nitro benzene ring substituents is 1. The zero-order valence-electron chi connectivity index (χ0n) is 18.2. The highest BCUT2D eigenvalue weighted by atomic mass is 79.9. The van der Waals surface area contributed by atoms with Gasteiger partial charge in [-0.3, -0.25) is 14.9 Å². The largest absolute Gasteiger partial charge is 0.479 e. The van der Waals surface area contributed by atoms with E-state index in [0.717, 1.165) is 4.68 Å². The van der Waals surface area contributed by atoms with Gasteiger partial charge in [-0.1, -0.05) is 58.4 Å². The summed E-state index contributed by atoms with van der Waals surface area (Å²) in [6.07, 6.45) is -0.168. The third-order valence-electron chi connectivity index (χ3n) is 5.00. The molecule has 3 aromatic carbocycles. The fraction of sp³-hybridized carbons (Fsp3) is 0.0833. The third-order valence-corrected chi connectivity index (χ3v) is 5.46. The van der Waals surface area contributed by atoms with E-state index in [1.165, 1.54) is 25.3 Å². The number of nitrogens with zero attached hydrogens (tertiary/aromatic N) is 4. The first-order valence-corrected chi connectivity index (χ1v) is 11.0. The van der Waals surface area contributed by atoms with Gasteiger partial charge in [-0.2, -0.15) is 9.78 Å². The first kappa shape index (κ1) is 23.8. The van der Waals surface area contributed by atoms with Crippen LogP contribution in [0.5, 0.6) is 5.75 Å². The minimum atomic E-state index is -1.37. The van der Waals surface area contributed by atoms with E-state index < -0.39 is 28.2 Å². The fourth-order valence-corrected chi connectivity index (χ4v) is 3.78. The first-order valence-electron chi connectivity index (χ1n) is 10.2. The van der Waals surface area contributed by atoms with E-state index in [1.54, 1.807) is 48.5 Å². The second kappa shape index (κ2) is 9.85. The lowest BCUT2D eigenvalue weighted by Crippen LogP contribution is -2.24. The number of hydrogen-bond donors (Lipinski definition) is 1. The van der Waals surface area contributed by atoms with Gasteiger partial charge >= 0.3 is 11.7 Å². The average Bonchev–Trinajstić information content (AvgIpc) is 2.84. The molecule has 10 nitrogen and oxygen atoms in total. The maximum atomic E-state index is 13.3. The Labute approximate surface area is 206 Å². The van der Waals surface area contributed by atoms with Crippen LogP contribution in [0, 0.1) is 10.1 Å². The van der Waals surface area contributed by atoms with Crippen LogP contribution in [-0.4, -0.2) is 38.0 Å². The standard InChI is InChI=1S/C24H17BrN4O6/c1-14(24(31)32)35-21-16(11-17(25)12-20(21)29(33)34)13-26-28-22(15-7-3-2-4-8-15)27-19-10-6-5-9-18(19)23(28)30/h2-14H,1H3,(H,31,32)/t14-/m1/s1. The molecule has 0 bridgehead atoms. The topological polar surface area (TPSA) is 137 Å². The number of nitro groups is 1. The smallest absolute Gasteiger partial charge is 0.344 e. The van der Waals surface area contributed by atoms with Crippen LogP contribution in [0.4, 0.5) is 5.69 Å². The molecule has 1 atom stereocenters. The Morgan fingerprint density at radius 2 is 1.89 bits per heavy atom. The highest BCUT2D eigenvalue weighted by Crippen LogP contribution is 2.34. The monoisotopic (exact) mass is 536 g/mol. The third kappa shape index (κ3) is 4.94. The number of carboxylic acids is 1. The van der Waals surface area contributed by atoms with E-state index >= 15 is 0 Å². The van der Waals surface area contributed by atoms with Gasteiger partial charge in [-0.15, -0.1) is 0 Å². The Morgan fingerprint density at radius 3 is 2.57 bits per heavy atom. The molecule has 0 fully saturated rings.